The van der Waals surface area contributed by atoms with Crippen LogP contribution < -0.4 is 0 Å². The number of rotatable bonds is 9. The smallest absolute Gasteiger partial charge is 0.318 e. The summed E-state index contributed by atoms with van der Waals surface area (Å²) in [5.41, 5.74) is 2.95. The second-order valence-electron chi connectivity index (χ2n) is 5.65. The molecule has 0 aliphatic rings. The van der Waals surface area contributed by atoms with Crippen LogP contribution in [0, 0.1) is 25.7 Å². The summed E-state index contributed by atoms with van der Waals surface area (Å²) < 4.78 is 27.0. The van der Waals surface area contributed by atoms with Crippen molar-refractivity contribution in [3.05, 3.63) is 41.3 Å². The third-order valence-corrected chi connectivity index (χ3v) is 4.34. The number of oxazole rings is 1. The molecule has 1 heterocycles. The maximum atomic E-state index is 11.1. The molecule has 1 N–H and O–H groups in total. The van der Waals surface area contributed by atoms with E-state index in [0.717, 1.165) is 17.0 Å². The largest absolute Gasteiger partial charge is 0.480 e. The standard InChI is InChI=1S/C19H21NO6S/c1-14-5-7-16(8-6-14)19-20-17(15(2)26-19)9-12-24-10-3-4-11-25-27(23)13-18(21)22/h5-8H,9-13H2,1-2H3,(H,21,22). The zero-order valence-corrected chi connectivity index (χ0v) is 16.0. The number of nitrogens with zero attached hydrogens (tertiary/aromatic N) is 1. The Bertz CT molecular complexity index is 847. The highest BCUT2D eigenvalue weighted by Gasteiger charge is 2.11. The molecule has 0 radical (unpaired) electrons. The molecule has 1 unspecified atom stereocenters. The highest BCUT2D eigenvalue weighted by atomic mass is 32.2. The second-order valence-corrected chi connectivity index (χ2v) is 6.78. The lowest BCUT2D eigenvalue weighted by Gasteiger charge is -1.98. The molecule has 0 saturated heterocycles. The number of carboxylic acids is 1. The van der Waals surface area contributed by atoms with Gasteiger partial charge >= 0.3 is 5.97 Å². The first-order valence-electron chi connectivity index (χ1n) is 8.26. The van der Waals surface area contributed by atoms with Crippen LogP contribution in [-0.4, -0.2) is 45.8 Å². The van der Waals surface area contributed by atoms with Crippen LogP contribution in [0.1, 0.15) is 17.0 Å². The molecule has 2 aromatic rings. The van der Waals surface area contributed by atoms with E-state index in [4.69, 9.17) is 18.4 Å². The normalized spacial score (nSPS) is 11.6. The number of benzene rings is 1. The van der Waals surface area contributed by atoms with Gasteiger partial charge in [-0.2, -0.15) is 0 Å². The number of carboxylic acid groups (broad SMARTS) is 1. The number of aliphatic carboxylic acids is 1. The fourth-order valence-corrected chi connectivity index (χ4v) is 2.59. The van der Waals surface area contributed by atoms with Crippen LogP contribution in [0.3, 0.4) is 0 Å². The van der Waals surface area contributed by atoms with Crippen LogP contribution in [0.25, 0.3) is 11.5 Å². The van der Waals surface area contributed by atoms with E-state index >= 15 is 0 Å². The van der Waals surface area contributed by atoms with Crippen molar-refractivity contribution in [2.75, 3.05) is 25.6 Å². The van der Waals surface area contributed by atoms with Crippen LogP contribution in [0.4, 0.5) is 0 Å². The number of hydrogen-bond acceptors (Lipinski definition) is 6. The minimum Gasteiger partial charge on any atom is -0.480 e. The van der Waals surface area contributed by atoms with E-state index in [1.54, 1.807) is 0 Å². The number of ether oxygens (including phenoxy) is 1. The lowest BCUT2D eigenvalue weighted by atomic mass is 10.1. The summed E-state index contributed by atoms with van der Waals surface area (Å²) in [4.78, 5) is 14.8. The van der Waals surface area contributed by atoms with Crippen molar-refractivity contribution in [2.24, 2.45) is 0 Å². The first-order chi connectivity index (χ1) is 13.0. The lowest BCUT2D eigenvalue weighted by Crippen LogP contribution is -2.11. The van der Waals surface area contributed by atoms with Gasteiger partial charge in [-0.25, -0.2) is 9.19 Å². The summed E-state index contributed by atoms with van der Waals surface area (Å²) in [5.74, 6) is 4.93. The Kier molecular flexibility index (Phi) is 8.20. The third kappa shape index (κ3) is 7.35. The predicted octanol–water partition coefficient (Wildman–Crippen LogP) is 2.29. The van der Waals surface area contributed by atoms with E-state index in [-0.39, 0.29) is 13.2 Å². The van der Waals surface area contributed by atoms with Gasteiger partial charge in [0.1, 0.15) is 24.7 Å². The Morgan fingerprint density at radius 2 is 1.93 bits per heavy atom. The number of aryl methyl sites for hydroxylation is 2. The quantitative estimate of drug-likeness (QED) is 0.517. The van der Waals surface area contributed by atoms with E-state index in [1.807, 2.05) is 38.1 Å². The van der Waals surface area contributed by atoms with Crippen molar-refractivity contribution in [2.45, 2.75) is 20.3 Å². The van der Waals surface area contributed by atoms with Crippen molar-refractivity contribution < 1.29 is 27.4 Å². The molecule has 0 aliphatic heterocycles. The molecule has 0 spiro atoms. The van der Waals surface area contributed by atoms with Gasteiger partial charge in [0, 0.05) is 12.0 Å². The van der Waals surface area contributed by atoms with Gasteiger partial charge in [0.25, 0.3) is 0 Å². The minimum absolute atomic E-state index is 0.106. The van der Waals surface area contributed by atoms with Gasteiger partial charge in [-0.1, -0.05) is 29.5 Å². The van der Waals surface area contributed by atoms with Gasteiger partial charge in [0.05, 0.1) is 12.3 Å². The zero-order valence-electron chi connectivity index (χ0n) is 15.2. The van der Waals surface area contributed by atoms with Gasteiger partial charge in [0.2, 0.25) is 5.89 Å². The number of carbonyl (C=O) groups is 1. The molecule has 144 valence electrons. The van der Waals surface area contributed by atoms with Crippen LogP contribution >= 0.6 is 0 Å². The Labute approximate surface area is 160 Å². The molecule has 0 aliphatic carbocycles. The topological polar surface area (TPSA) is 98.9 Å². The Hall–Kier alpha value is -2.47. The summed E-state index contributed by atoms with van der Waals surface area (Å²) in [6.07, 6.45) is 0.599. The summed E-state index contributed by atoms with van der Waals surface area (Å²) in [6.45, 7) is 4.41. The summed E-state index contributed by atoms with van der Waals surface area (Å²) in [6, 6.07) is 7.97. The minimum atomic E-state index is -1.86. The maximum absolute atomic E-state index is 11.1. The van der Waals surface area contributed by atoms with Crippen molar-refractivity contribution in [1.82, 2.24) is 4.98 Å². The molecule has 27 heavy (non-hydrogen) atoms. The van der Waals surface area contributed by atoms with Crippen molar-refractivity contribution in [3.63, 3.8) is 0 Å². The SMILES string of the molecule is Cc1ccc(-c2nc(CCOCC#CCOS(=O)CC(=O)O)c(C)o2)cc1. The molecule has 0 amide bonds. The van der Waals surface area contributed by atoms with Gasteiger partial charge < -0.3 is 14.3 Å². The summed E-state index contributed by atoms with van der Waals surface area (Å²) in [5, 5.41) is 8.43. The zero-order chi connectivity index (χ0) is 19.6. The van der Waals surface area contributed by atoms with Crippen molar-refractivity contribution >= 4 is 17.0 Å². The summed E-state index contributed by atoms with van der Waals surface area (Å²) >= 11 is -1.86. The molecule has 8 heteroatoms. The van der Waals surface area contributed by atoms with E-state index < -0.39 is 22.8 Å². The van der Waals surface area contributed by atoms with Crippen molar-refractivity contribution in [1.29, 1.82) is 0 Å². The Morgan fingerprint density at radius 3 is 2.63 bits per heavy atom. The summed E-state index contributed by atoms with van der Waals surface area (Å²) in [7, 11) is 0. The molecule has 1 aromatic carbocycles. The van der Waals surface area contributed by atoms with Crippen molar-refractivity contribution in [3.8, 4) is 23.3 Å². The average molecular weight is 391 g/mol. The Morgan fingerprint density at radius 1 is 1.22 bits per heavy atom. The first kappa shape index (κ1) is 20.8. The van der Waals surface area contributed by atoms with E-state index in [9.17, 15) is 9.00 Å². The van der Waals surface area contributed by atoms with Crippen LogP contribution in [-0.2, 0) is 31.2 Å². The molecular weight excluding hydrogens is 370 g/mol. The van der Waals surface area contributed by atoms with Crippen LogP contribution in [0.2, 0.25) is 0 Å². The molecule has 0 saturated carbocycles. The molecule has 7 nitrogen and oxygen atoms in total. The van der Waals surface area contributed by atoms with Gasteiger partial charge in [-0.15, -0.1) is 0 Å². The van der Waals surface area contributed by atoms with Gasteiger partial charge in [-0.05, 0) is 26.0 Å². The van der Waals surface area contributed by atoms with Gasteiger partial charge in [0.15, 0.2) is 11.1 Å². The molecule has 0 fully saturated rings. The average Bonchev–Trinajstić information content (AvgIpc) is 2.98. The molecule has 0 bridgehead atoms. The predicted molar refractivity (Wildman–Crippen MR) is 100 cm³/mol. The third-order valence-electron chi connectivity index (χ3n) is 3.48. The number of hydrogen-bond donors (Lipinski definition) is 1. The monoisotopic (exact) mass is 391 g/mol. The first-order valence-corrected chi connectivity index (χ1v) is 9.50. The van der Waals surface area contributed by atoms with E-state index in [0.29, 0.717) is 18.9 Å². The lowest BCUT2D eigenvalue weighted by molar-refractivity contribution is -0.134. The fourth-order valence-electron chi connectivity index (χ4n) is 2.11. The maximum Gasteiger partial charge on any atom is 0.318 e. The molecule has 1 atom stereocenters. The highest BCUT2D eigenvalue weighted by molar-refractivity contribution is 7.80. The number of aromatic nitrogens is 1. The molecule has 2 rings (SSSR count). The Balaban J connectivity index is 1.71. The van der Waals surface area contributed by atoms with Gasteiger partial charge in [-0.3, -0.25) is 8.98 Å². The highest BCUT2D eigenvalue weighted by Crippen LogP contribution is 2.22. The van der Waals surface area contributed by atoms with E-state index in [2.05, 4.69) is 16.8 Å². The fraction of sp³-hybridized carbons (Fsp3) is 0.368. The van der Waals surface area contributed by atoms with Crippen LogP contribution in [0.5, 0.6) is 0 Å². The molecule has 1 aromatic heterocycles. The second kappa shape index (κ2) is 10.6. The van der Waals surface area contributed by atoms with E-state index in [1.165, 1.54) is 5.56 Å². The molecular formula is C19H21NO6S. The van der Waals surface area contributed by atoms with Crippen LogP contribution in [0.15, 0.2) is 28.7 Å².